The van der Waals surface area contributed by atoms with Crippen molar-refractivity contribution in [2.75, 3.05) is 25.9 Å². The van der Waals surface area contributed by atoms with Crippen LogP contribution in [0.5, 0.6) is 5.75 Å². The van der Waals surface area contributed by atoms with Crippen molar-refractivity contribution in [1.82, 2.24) is 4.90 Å². The summed E-state index contributed by atoms with van der Waals surface area (Å²) in [6, 6.07) is 5.99. The number of hydrogen-bond acceptors (Lipinski definition) is 4. The van der Waals surface area contributed by atoms with Gasteiger partial charge < -0.3 is 15.2 Å². The summed E-state index contributed by atoms with van der Waals surface area (Å²) >= 11 is 0. The Labute approximate surface area is 109 Å². The number of anilines is 1. The smallest absolute Gasteiger partial charge is 0.141 e. The molecule has 0 saturated carbocycles. The Kier molecular flexibility index (Phi) is 4.09. The molecule has 4 heteroatoms. The standard InChI is InChI=1S/C14H22N2O2/c1-10-7-16(8-11(2)18-10)9-12-4-5-14(17-3)13(15)6-12/h4-6,10-11H,7-9,15H2,1-3H3. The minimum Gasteiger partial charge on any atom is -0.495 e. The van der Waals surface area contributed by atoms with Gasteiger partial charge in [-0.2, -0.15) is 0 Å². The lowest BCUT2D eigenvalue weighted by molar-refractivity contribution is -0.0704. The molecular weight excluding hydrogens is 228 g/mol. The average molecular weight is 250 g/mol. The summed E-state index contributed by atoms with van der Waals surface area (Å²) in [5.74, 6) is 0.738. The highest BCUT2D eigenvalue weighted by molar-refractivity contribution is 5.54. The molecular formula is C14H22N2O2. The predicted molar refractivity (Wildman–Crippen MR) is 72.7 cm³/mol. The van der Waals surface area contributed by atoms with E-state index >= 15 is 0 Å². The first kappa shape index (κ1) is 13.2. The predicted octanol–water partition coefficient (Wildman–Crippen LogP) is 1.89. The van der Waals surface area contributed by atoms with Gasteiger partial charge in [0.15, 0.2) is 0 Å². The van der Waals surface area contributed by atoms with Gasteiger partial charge in [-0.1, -0.05) is 6.07 Å². The number of morpholine rings is 1. The Morgan fingerprint density at radius 1 is 1.33 bits per heavy atom. The van der Waals surface area contributed by atoms with Crippen molar-refractivity contribution >= 4 is 5.69 Å². The van der Waals surface area contributed by atoms with Crippen LogP contribution >= 0.6 is 0 Å². The van der Waals surface area contributed by atoms with Gasteiger partial charge in [0.2, 0.25) is 0 Å². The first-order chi connectivity index (χ1) is 8.58. The van der Waals surface area contributed by atoms with Crippen LogP contribution in [0, 0.1) is 0 Å². The molecule has 2 unspecified atom stereocenters. The maximum Gasteiger partial charge on any atom is 0.141 e. The maximum absolute atomic E-state index is 5.92. The number of rotatable bonds is 3. The highest BCUT2D eigenvalue weighted by Crippen LogP contribution is 2.23. The number of nitrogens with two attached hydrogens (primary N) is 1. The van der Waals surface area contributed by atoms with Gasteiger partial charge in [0.05, 0.1) is 25.0 Å². The largest absolute Gasteiger partial charge is 0.495 e. The molecule has 1 aromatic carbocycles. The molecule has 2 rings (SSSR count). The second-order valence-electron chi connectivity index (χ2n) is 5.03. The summed E-state index contributed by atoms with van der Waals surface area (Å²) in [6.45, 7) is 7.08. The second kappa shape index (κ2) is 5.59. The Hall–Kier alpha value is -1.26. The van der Waals surface area contributed by atoms with Crippen LogP contribution in [-0.4, -0.2) is 37.3 Å². The maximum atomic E-state index is 5.92. The van der Waals surface area contributed by atoms with Crippen LogP contribution < -0.4 is 10.5 Å². The molecule has 0 radical (unpaired) electrons. The third kappa shape index (κ3) is 3.15. The van der Waals surface area contributed by atoms with Gasteiger partial charge in [-0.15, -0.1) is 0 Å². The third-order valence-electron chi connectivity index (χ3n) is 3.20. The van der Waals surface area contributed by atoms with E-state index in [1.165, 1.54) is 5.56 Å². The van der Waals surface area contributed by atoms with Crippen molar-refractivity contribution < 1.29 is 9.47 Å². The molecule has 1 fully saturated rings. The first-order valence-corrected chi connectivity index (χ1v) is 6.38. The van der Waals surface area contributed by atoms with E-state index in [4.69, 9.17) is 15.2 Å². The van der Waals surface area contributed by atoms with Crippen LogP contribution in [0.4, 0.5) is 5.69 Å². The van der Waals surface area contributed by atoms with E-state index in [0.29, 0.717) is 17.9 Å². The second-order valence-corrected chi connectivity index (χ2v) is 5.03. The Morgan fingerprint density at radius 3 is 2.56 bits per heavy atom. The van der Waals surface area contributed by atoms with E-state index in [1.54, 1.807) is 7.11 Å². The van der Waals surface area contributed by atoms with Crippen molar-refractivity contribution in [1.29, 1.82) is 0 Å². The van der Waals surface area contributed by atoms with E-state index in [9.17, 15) is 0 Å². The van der Waals surface area contributed by atoms with Crippen LogP contribution in [0.25, 0.3) is 0 Å². The fourth-order valence-electron chi connectivity index (χ4n) is 2.55. The lowest BCUT2D eigenvalue weighted by Gasteiger charge is -2.35. The SMILES string of the molecule is COc1ccc(CN2CC(C)OC(C)C2)cc1N. The molecule has 1 aromatic rings. The number of ether oxygens (including phenoxy) is 2. The Balaban J connectivity index is 2.02. The van der Waals surface area contributed by atoms with E-state index < -0.39 is 0 Å². The molecule has 100 valence electrons. The van der Waals surface area contributed by atoms with Crippen molar-refractivity contribution in [3.63, 3.8) is 0 Å². The molecule has 2 atom stereocenters. The van der Waals surface area contributed by atoms with Crippen molar-refractivity contribution in [3.8, 4) is 5.75 Å². The molecule has 1 heterocycles. The van der Waals surface area contributed by atoms with Crippen LogP contribution in [0.3, 0.4) is 0 Å². The van der Waals surface area contributed by atoms with Crippen LogP contribution in [0.1, 0.15) is 19.4 Å². The molecule has 0 aromatic heterocycles. The van der Waals surface area contributed by atoms with Gasteiger partial charge in [0.1, 0.15) is 5.75 Å². The highest BCUT2D eigenvalue weighted by atomic mass is 16.5. The lowest BCUT2D eigenvalue weighted by Crippen LogP contribution is -2.44. The number of benzene rings is 1. The first-order valence-electron chi connectivity index (χ1n) is 6.38. The van der Waals surface area contributed by atoms with Crippen LogP contribution in [0.15, 0.2) is 18.2 Å². The normalized spacial score (nSPS) is 25.1. The summed E-state index contributed by atoms with van der Waals surface area (Å²) < 4.78 is 10.9. The Bertz CT molecular complexity index is 399. The molecule has 1 saturated heterocycles. The monoisotopic (exact) mass is 250 g/mol. The molecule has 18 heavy (non-hydrogen) atoms. The van der Waals surface area contributed by atoms with E-state index in [0.717, 1.165) is 25.4 Å². The van der Waals surface area contributed by atoms with Crippen molar-refractivity contribution in [3.05, 3.63) is 23.8 Å². The minimum atomic E-state index is 0.296. The zero-order chi connectivity index (χ0) is 13.1. The molecule has 0 aliphatic carbocycles. The van der Waals surface area contributed by atoms with Gasteiger partial charge in [-0.05, 0) is 31.5 Å². The number of nitrogen functional groups attached to an aromatic ring is 1. The fraction of sp³-hybridized carbons (Fsp3) is 0.571. The molecule has 0 spiro atoms. The van der Waals surface area contributed by atoms with Crippen LogP contribution in [-0.2, 0) is 11.3 Å². The molecule has 4 nitrogen and oxygen atoms in total. The molecule has 0 amide bonds. The fourth-order valence-corrected chi connectivity index (χ4v) is 2.55. The number of hydrogen-bond donors (Lipinski definition) is 1. The topological polar surface area (TPSA) is 47.7 Å². The molecule has 2 N–H and O–H groups in total. The van der Waals surface area contributed by atoms with Gasteiger partial charge in [0, 0.05) is 19.6 Å². The quantitative estimate of drug-likeness (QED) is 0.832. The van der Waals surface area contributed by atoms with Crippen molar-refractivity contribution in [2.45, 2.75) is 32.6 Å². The summed E-state index contributed by atoms with van der Waals surface area (Å²) in [5, 5.41) is 0. The summed E-state index contributed by atoms with van der Waals surface area (Å²) in [7, 11) is 1.64. The highest BCUT2D eigenvalue weighted by Gasteiger charge is 2.22. The minimum absolute atomic E-state index is 0.296. The Morgan fingerprint density at radius 2 is 2.00 bits per heavy atom. The summed E-state index contributed by atoms with van der Waals surface area (Å²) in [6.07, 6.45) is 0.591. The van der Waals surface area contributed by atoms with E-state index in [-0.39, 0.29) is 0 Å². The van der Waals surface area contributed by atoms with Gasteiger partial charge in [-0.3, -0.25) is 4.90 Å². The zero-order valence-electron chi connectivity index (χ0n) is 11.3. The molecule has 0 bridgehead atoms. The van der Waals surface area contributed by atoms with Gasteiger partial charge >= 0.3 is 0 Å². The van der Waals surface area contributed by atoms with Crippen LogP contribution in [0.2, 0.25) is 0 Å². The van der Waals surface area contributed by atoms with Gasteiger partial charge in [-0.25, -0.2) is 0 Å². The average Bonchev–Trinajstić information content (AvgIpc) is 2.27. The lowest BCUT2D eigenvalue weighted by atomic mass is 10.1. The number of nitrogens with zero attached hydrogens (tertiary/aromatic N) is 1. The summed E-state index contributed by atoms with van der Waals surface area (Å²) in [4.78, 5) is 2.40. The number of methoxy groups -OCH3 is 1. The van der Waals surface area contributed by atoms with Crippen molar-refractivity contribution in [2.24, 2.45) is 0 Å². The summed E-state index contributed by atoms with van der Waals surface area (Å²) in [5.41, 5.74) is 7.84. The van der Waals surface area contributed by atoms with E-state index in [1.807, 2.05) is 12.1 Å². The molecule has 1 aliphatic rings. The van der Waals surface area contributed by atoms with E-state index in [2.05, 4.69) is 24.8 Å². The zero-order valence-corrected chi connectivity index (χ0v) is 11.3. The third-order valence-corrected chi connectivity index (χ3v) is 3.20. The molecule has 1 aliphatic heterocycles. The van der Waals surface area contributed by atoms with Gasteiger partial charge in [0.25, 0.3) is 0 Å².